The Morgan fingerprint density at radius 3 is 2.36 bits per heavy atom. The van der Waals surface area contributed by atoms with Gasteiger partial charge in [0, 0.05) is 29.4 Å². The molecule has 0 saturated carbocycles. The molecule has 0 amide bonds. The van der Waals surface area contributed by atoms with E-state index in [0.29, 0.717) is 17.4 Å². The standard InChI is InChI=1S/C24H22N2O2/c1-15-13-21-22(16(2)20(15)14-18-9-7-8-12-25-18)26(19-10-5-4-6-11-19)24(28)17(3)23(21)27/h4-13,27H,14H2,1-3H3. The van der Waals surface area contributed by atoms with E-state index in [1.54, 1.807) is 17.7 Å². The number of hydrogen-bond donors (Lipinski definition) is 1. The third-order valence-corrected chi connectivity index (χ3v) is 5.36. The fraction of sp³-hybridized carbons (Fsp3) is 0.167. The highest BCUT2D eigenvalue weighted by atomic mass is 16.3. The maximum absolute atomic E-state index is 13.1. The molecule has 4 aromatic rings. The topological polar surface area (TPSA) is 55.1 Å². The summed E-state index contributed by atoms with van der Waals surface area (Å²) >= 11 is 0. The lowest BCUT2D eigenvalue weighted by atomic mass is 9.93. The number of nitrogens with zero attached hydrogens (tertiary/aromatic N) is 2. The summed E-state index contributed by atoms with van der Waals surface area (Å²) in [7, 11) is 0. The maximum atomic E-state index is 13.1. The van der Waals surface area contributed by atoms with Gasteiger partial charge in [-0.05, 0) is 67.8 Å². The summed E-state index contributed by atoms with van der Waals surface area (Å²) in [5, 5.41) is 11.4. The van der Waals surface area contributed by atoms with E-state index < -0.39 is 0 Å². The van der Waals surface area contributed by atoms with E-state index in [2.05, 4.69) is 4.98 Å². The van der Waals surface area contributed by atoms with Crippen molar-refractivity contribution in [1.29, 1.82) is 0 Å². The lowest BCUT2D eigenvalue weighted by Gasteiger charge is -2.19. The summed E-state index contributed by atoms with van der Waals surface area (Å²) in [6.45, 7) is 5.72. The maximum Gasteiger partial charge on any atom is 0.262 e. The zero-order valence-electron chi connectivity index (χ0n) is 16.2. The van der Waals surface area contributed by atoms with Crippen molar-refractivity contribution >= 4 is 10.9 Å². The minimum Gasteiger partial charge on any atom is -0.507 e. The van der Waals surface area contributed by atoms with Crippen molar-refractivity contribution in [3.8, 4) is 11.4 Å². The number of rotatable bonds is 3. The van der Waals surface area contributed by atoms with E-state index in [1.807, 2.05) is 68.4 Å². The van der Waals surface area contributed by atoms with Gasteiger partial charge in [0.2, 0.25) is 0 Å². The van der Waals surface area contributed by atoms with Gasteiger partial charge in [-0.25, -0.2) is 0 Å². The van der Waals surface area contributed by atoms with Crippen LogP contribution in [0.5, 0.6) is 5.75 Å². The van der Waals surface area contributed by atoms with E-state index in [9.17, 15) is 9.90 Å². The Morgan fingerprint density at radius 2 is 1.68 bits per heavy atom. The summed E-state index contributed by atoms with van der Waals surface area (Å²) in [5.74, 6) is 0.0581. The van der Waals surface area contributed by atoms with Crippen LogP contribution in [-0.2, 0) is 6.42 Å². The second-order valence-electron chi connectivity index (χ2n) is 7.14. The molecule has 2 aromatic heterocycles. The average molecular weight is 370 g/mol. The van der Waals surface area contributed by atoms with Crippen molar-refractivity contribution in [3.05, 3.63) is 99.1 Å². The van der Waals surface area contributed by atoms with Crippen LogP contribution in [0.3, 0.4) is 0 Å². The molecule has 2 aromatic carbocycles. The van der Waals surface area contributed by atoms with Crippen LogP contribution in [-0.4, -0.2) is 14.7 Å². The van der Waals surface area contributed by atoms with E-state index in [1.165, 1.54) is 0 Å². The Kier molecular flexibility index (Phi) is 4.47. The van der Waals surface area contributed by atoms with Crippen molar-refractivity contribution in [3.63, 3.8) is 0 Å². The largest absolute Gasteiger partial charge is 0.507 e. The SMILES string of the molecule is Cc1cc2c(O)c(C)c(=O)n(-c3ccccc3)c2c(C)c1Cc1ccccn1. The number of fused-ring (bicyclic) bond motifs is 1. The molecule has 0 aliphatic rings. The molecular weight excluding hydrogens is 348 g/mol. The molecule has 28 heavy (non-hydrogen) atoms. The van der Waals surface area contributed by atoms with E-state index in [-0.39, 0.29) is 11.3 Å². The lowest BCUT2D eigenvalue weighted by molar-refractivity contribution is 0.475. The van der Waals surface area contributed by atoms with Gasteiger partial charge in [0.05, 0.1) is 11.1 Å². The molecule has 0 aliphatic carbocycles. The van der Waals surface area contributed by atoms with Crippen LogP contribution < -0.4 is 5.56 Å². The van der Waals surface area contributed by atoms with Crippen molar-refractivity contribution < 1.29 is 5.11 Å². The van der Waals surface area contributed by atoms with Crippen molar-refractivity contribution in [2.75, 3.05) is 0 Å². The fourth-order valence-electron chi connectivity index (χ4n) is 3.83. The first-order chi connectivity index (χ1) is 13.5. The van der Waals surface area contributed by atoms with Crippen LogP contribution >= 0.6 is 0 Å². The van der Waals surface area contributed by atoms with Crippen LogP contribution in [0, 0.1) is 20.8 Å². The van der Waals surface area contributed by atoms with Gasteiger partial charge in [-0.2, -0.15) is 0 Å². The smallest absolute Gasteiger partial charge is 0.262 e. The Morgan fingerprint density at radius 1 is 0.964 bits per heavy atom. The van der Waals surface area contributed by atoms with Gasteiger partial charge in [-0.1, -0.05) is 24.3 Å². The van der Waals surface area contributed by atoms with Crippen LogP contribution in [0.1, 0.15) is 27.9 Å². The Balaban J connectivity index is 2.09. The van der Waals surface area contributed by atoms with E-state index in [0.717, 1.165) is 33.6 Å². The third kappa shape index (κ3) is 2.87. The Bertz CT molecular complexity index is 1230. The predicted octanol–water partition coefficient (Wildman–Crippen LogP) is 4.61. The van der Waals surface area contributed by atoms with E-state index >= 15 is 0 Å². The highest BCUT2D eigenvalue weighted by Gasteiger charge is 2.19. The highest BCUT2D eigenvalue weighted by molar-refractivity contribution is 5.91. The molecule has 4 rings (SSSR count). The molecule has 0 saturated heterocycles. The van der Waals surface area contributed by atoms with Crippen molar-refractivity contribution in [1.82, 2.24) is 9.55 Å². The number of para-hydroxylation sites is 1. The summed E-state index contributed by atoms with van der Waals surface area (Å²) in [5.41, 5.74) is 5.84. The number of pyridine rings is 2. The van der Waals surface area contributed by atoms with Crippen LogP contribution in [0.4, 0.5) is 0 Å². The van der Waals surface area contributed by atoms with Crippen molar-refractivity contribution in [2.24, 2.45) is 0 Å². The zero-order valence-corrected chi connectivity index (χ0v) is 16.2. The van der Waals surface area contributed by atoms with Crippen LogP contribution in [0.2, 0.25) is 0 Å². The lowest BCUT2D eigenvalue weighted by Crippen LogP contribution is -2.22. The number of aromatic hydroxyl groups is 1. The minimum atomic E-state index is -0.202. The van der Waals surface area contributed by atoms with Gasteiger partial charge >= 0.3 is 0 Å². The van der Waals surface area contributed by atoms with Gasteiger partial charge in [-0.15, -0.1) is 0 Å². The molecule has 0 unspecified atom stereocenters. The van der Waals surface area contributed by atoms with Gasteiger partial charge in [0.15, 0.2) is 0 Å². The molecule has 0 bridgehead atoms. The summed E-state index contributed by atoms with van der Waals surface area (Å²) in [6, 6.07) is 17.4. The Labute approximate surface area is 163 Å². The van der Waals surface area contributed by atoms with Gasteiger partial charge < -0.3 is 5.11 Å². The quantitative estimate of drug-likeness (QED) is 0.573. The van der Waals surface area contributed by atoms with Gasteiger partial charge in [0.25, 0.3) is 5.56 Å². The number of hydrogen-bond acceptors (Lipinski definition) is 3. The molecule has 140 valence electrons. The van der Waals surface area contributed by atoms with Crippen LogP contribution in [0.25, 0.3) is 16.6 Å². The monoisotopic (exact) mass is 370 g/mol. The number of benzene rings is 2. The van der Waals surface area contributed by atoms with Crippen molar-refractivity contribution in [2.45, 2.75) is 27.2 Å². The first kappa shape index (κ1) is 18.0. The van der Waals surface area contributed by atoms with E-state index in [4.69, 9.17) is 0 Å². The highest BCUT2D eigenvalue weighted by Crippen LogP contribution is 2.34. The second kappa shape index (κ2) is 6.97. The molecule has 0 atom stereocenters. The molecule has 4 nitrogen and oxygen atoms in total. The molecule has 0 fully saturated rings. The first-order valence-corrected chi connectivity index (χ1v) is 9.31. The summed E-state index contributed by atoms with van der Waals surface area (Å²) in [4.78, 5) is 17.5. The predicted molar refractivity (Wildman–Crippen MR) is 112 cm³/mol. The van der Waals surface area contributed by atoms with Gasteiger partial charge in [0.1, 0.15) is 5.75 Å². The molecule has 1 N–H and O–H groups in total. The average Bonchev–Trinajstić information content (AvgIpc) is 2.72. The number of aryl methyl sites for hydroxylation is 2. The molecule has 0 aliphatic heterocycles. The molecule has 2 heterocycles. The fourth-order valence-corrected chi connectivity index (χ4v) is 3.83. The summed E-state index contributed by atoms with van der Waals surface area (Å²) < 4.78 is 1.71. The molecular formula is C24H22N2O2. The molecule has 4 heteroatoms. The number of aromatic nitrogens is 2. The van der Waals surface area contributed by atoms with Crippen LogP contribution in [0.15, 0.2) is 65.6 Å². The molecule has 0 radical (unpaired) electrons. The van der Waals surface area contributed by atoms with Gasteiger partial charge in [-0.3, -0.25) is 14.3 Å². The summed E-state index contributed by atoms with van der Waals surface area (Å²) in [6.07, 6.45) is 2.46. The normalized spacial score (nSPS) is 11.1. The Hall–Kier alpha value is -3.40. The third-order valence-electron chi connectivity index (χ3n) is 5.36. The second-order valence-corrected chi connectivity index (χ2v) is 7.14. The first-order valence-electron chi connectivity index (χ1n) is 9.31. The zero-order chi connectivity index (χ0) is 19.8. The minimum absolute atomic E-state index is 0.0581. The molecule has 0 spiro atoms.